The zero-order valence-electron chi connectivity index (χ0n) is 15.9. The minimum absolute atomic E-state index is 0.256. The summed E-state index contributed by atoms with van der Waals surface area (Å²) in [5.41, 5.74) is 3.08. The molecule has 0 spiro atoms. The highest BCUT2D eigenvalue weighted by Crippen LogP contribution is 2.52. The van der Waals surface area contributed by atoms with E-state index in [1.165, 1.54) is 18.4 Å². The average molecular weight is 340 g/mol. The standard InChI is InChI=1S/C23H29FO/c1-5-6-7-8-9-10-17-14-18(24)15-21-22(17)19-13-16(2)11-12-20(19)23(3,4)25-21/h11,14-15,19-20H,5-8,12-13H2,1-4H3/t19-,20-/m1/s1. The van der Waals surface area contributed by atoms with Crippen molar-refractivity contribution in [3.63, 3.8) is 0 Å². The summed E-state index contributed by atoms with van der Waals surface area (Å²) in [6.07, 6.45) is 8.73. The smallest absolute Gasteiger partial charge is 0.128 e. The van der Waals surface area contributed by atoms with Gasteiger partial charge in [0.05, 0.1) is 0 Å². The van der Waals surface area contributed by atoms with E-state index >= 15 is 0 Å². The second kappa shape index (κ2) is 7.24. The summed E-state index contributed by atoms with van der Waals surface area (Å²) in [5, 5.41) is 0. The number of ether oxygens (including phenoxy) is 1. The lowest BCUT2D eigenvalue weighted by molar-refractivity contribution is 0.00812. The van der Waals surface area contributed by atoms with Gasteiger partial charge in [-0.05, 0) is 52.0 Å². The number of benzene rings is 1. The zero-order valence-corrected chi connectivity index (χ0v) is 15.9. The summed E-state index contributed by atoms with van der Waals surface area (Å²) < 4.78 is 20.4. The van der Waals surface area contributed by atoms with E-state index in [0.29, 0.717) is 17.6 Å². The topological polar surface area (TPSA) is 9.23 Å². The van der Waals surface area contributed by atoms with Gasteiger partial charge in [0.15, 0.2) is 0 Å². The third-order valence-corrected chi connectivity index (χ3v) is 5.62. The van der Waals surface area contributed by atoms with Gasteiger partial charge in [-0.15, -0.1) is 0 Å². The second-order valence-corrected chi connectivity index (χ2v) is 8.03. The van der Waals surface area contributed by atoms with Crippen molar-refractivity contribution in [2.75, 3.05) is 0 Å². The maximum atomic E-state index is 14.2. The number of halogens is 1. The van der Waals surface area contributed by atoms with Crippen LogP contribution in [0.25, 0.3) is 0 Å². The molecule has 0 unspecified atom stereocenters. The lowest BCUT2D eigenvalue weighted by atomic mass is 9.66. The highest BCUT2D eigenvalue weighted by molar-refractivity contribution is 5.54. The summed E-state index contributed by atoms with van der Waals surface area (Å²) in [5.74, 6) is 7.73. The van der Waals surface area contributed by atoms with Crippen LogP contribution in [0.2, 0.25) is 0 Å². The summed E-state index contributed by atoms with van der Waals surface area (Å²) in [6.45, 7) is 8.64. The van der Waals surface area contributed by atoms with Crippen LogP contribution in [0.4, 0.5) is 4.39 Å². The van der Waals surface area contributed by atoms with Crippen LogP contribution in [0.5, 0.6) is 5.75 Å². The van der Waals surface area contributed by atoms with Crippen molar-refractivity contribution < 1.29 is 9.13 Å². The Morgan fingerprint density at radius 2 is 2.08 bits per heavy atom. The first-order chi connectivity index (χ1) is 11.9. The van der Waals surface area contributed by atoms with Crippen molar-refractivity contribution in [1.29, 1.82) is 0 Å². The van der Waals surface area contributed by atoms with Crippen molar-refractivity contribution in [2.24, 2.45) is 5.92 Å². The summed E-state index contributed by atoms with van der Waals surface area (Å²) in [4.78, 5) is 0. The van der Waals surface area contributed by atoms with Crippen LogP contribution in [0.1, 0.15) is 83.3 Å². The Kier molecular flexibility index (Phi) is 5.23. The predicted octanol–water partition coefficient (Wildman–Crippen LogP) is 6.37. The number of rotatable bonds is 3. The third kappa shape index (κ3) is 3.76. The second-order valence-electron chi connectivity index (χ2n) is 8.03. The molecule has 0 fully saturated rings. The first kappa shape index (κ1) is 18.1. The predicted molar refractivity (Wildman–Crippen MR) is 101 cm³/mol. The first-order valence-electron chi connectivity index (χ1n) is 9.59. The van der Waals surface area contributed by atoms with Gasteiger partial charge in [0.2, 0.25) is 0 Å². The third-order valence-electron chi connectivity index (χ3n) is 5.62. The molecule has 1 aromatic carbocycles. The molecule has 2 heteroatoms. The number of hydrogen-bond donors (Lipinski definition) is 0. The Bertz CT molecular complexity index is 732. The van der Waals surface area contributed by atoms with E-state index in [-0.39, 0.29) is 11.4 Å². The normalized spacial score (nSPS) is 23.5. The van der Waals surface area contributed by atoms with Crippen LogP contribution in [-0.2, 0) is 0 Å². The molecule has 25 heavy (non-hydrogen) atoms. The maximum absolute atomic E-state index is 14.2. The lowest BCUT2D eigenvalue weighted by Gasteiger charge is -2.47. The molecule has 0 radical (unpaired) electrons. The Labute approximate surface area is 151 Å². The fourth-order valence-corrected chi connectivity index (χ4v) is 4.28. The molecule has 0 saturated carbocycles. The quantitative estimate of drug-likeness (QED) is 0.353. The molecule has 0 N–H and O–H groups in total. The van der Waals surface area contributed by atoms with E-state index in [2.05, 4.69) is 45.6 Å². The summed E-state index contributed by atoms with van der Waals surface area (Å²) in [6, 6.07) is 3.14. The molecule has 2 atom stereocenters. The van der Waals surface area contributed by atoms with Crippen molar-refractivity contribution in [3.05, 3.63) is 40.7 Å². The lowest BCUT2D eigenvalue weighted by Crippen LogP contribution is -2.45. The van der Waals surface area contributed by atoms with Crippen LogP contribution in [0.15, 0.2) is 23.8 Å². The highest BCUT2D eigenvalue weighted by Gasteiger charge is 2.45. The van der Waals surface area contributed by atoms with E-state index in [9.17, 15) is 4.39 Å². The van der Waals surface area contributed by atoms with Crippen molar-refractivity contribution >= 4 is 0 Å². The van der Waals surface area contributed by atoms with Crippen LogP contribution >= 0.6 is 0 Å². The van der Waals surface area contributed by atoms with E-state index in [1.807, 2.05) is 0 Å². The van der Waals surface area contributed by atoms with Gasteiger partial charge in [0.1, 0.15) is 17.2 Å². The van der Waals surface area contributed by atoms with Gasteiger partial charge < -0.3 is 4.74 Å². The van der Waals surface area contributed by atoms with Gasteiger partial charge in [0, 0.05) is 29.5 Å². The SMILES string of the molecule is CCCCCC#Cc1cc(F)cc2c1[C@@H]1CC(C)=CC[C@H]1C(C)(C)O2. The van der Waals surface area contributed by atoms with Gasteiger partial charge in [-0.2, -0.15) is 0 Å². The number of unbranched alkanes of at least 4 members (excludes halogenated alkanes) is 3. The molecular weight excluding hydrogens is 311 g/mol. The van der Waals surface area contributed by atoms with Gasteiger partial charge in [-0.1, -0.05) is 43.3 Å². The van der Waals surface area contributed by atoms with E-state index < -0.39 is 0 Å². The Balaban J connectivity index is 2.00. The fraction of sp³-hybridized carbons (Fsp3) is 0.565. The van der Waals surface area contributed by atoms with Crippen LogP contribution in [0.3, 0.4) is 0 Å². The maximum Gasteiger partial charge on any atom is 0.128 e. The Hall–Kier alpha value is -1.75. The number of fused-ring (bicyclic) bond motifs is 3. The van der Waals surface area contributed by atoms with Crippen LogP contribution in [-0.4, -0.2) is 5.60 Å². The minimum Gasteiger partial charge on any atom is -0.487 e. The molecule has 0 saturated heterocycles. The molecule has 1 aliphatic heterocycles. The van der Waals surface area contributed by atoms with Crippen LogP contribution < -0.4 is 4.74 Å². The molecule has 1 nitrogen and oxygen atoms in total. The number of allylic oxidation sites excluding steroid dienone is 2. The van der Waals surface area contributed by atoms with E-state index in [4.69, 9.17) is 4.74 Å². The van der Waals surface area contributed by atoms with Crippen LogP contribution in [0, 0.1) is 23.6 Å². The van der Waals surface area contributed by atoms with E-state index in [0.717, 1.165) is 36.8 Å². The Morgan fingerprint density at radius 3 is 2.84 bits per heavy atom. The first-order valence-corrected chi connectivity index (χ1v) is 9.59. The minimum atomic E-state index is -0.283. The van der Waals surface area contributed by atoms with Gasteiger partial charge >= 0.3 is 0 Å². The molecule has 0 aromatic heterocycles. The molecule has 0 bridgehead atoms. The molecule has 1 aromatic rings. The summed E-state index contributed by atoms with van der Waals surface area (Å²) >= 11 is 0. The van der Waals surface area contributed by atoms with Crippen molar-refractivity contribution in [1.82, 2.24) is 0 Å². The Morgan fingerprint density at radius 1 is 1.28 bits per heavy atom. The van der Waals surface area contributed by atoms with Gasteiger partial charge in [0.25, 0.3) is 0 Å². The van der Waals surface area contributed by atoms with Crippen molar-refractivity contribution in [3.8, 4) is 17.6 Å². The molecule has 134 valence electrons. The monoisotopic (exact) mass is 340 g/mol. The van der Waals surface area contributed by atoms with Gasteiger partial charge in [-0.25, -0.2) is 4.39 Å². The highest BCUT2D eigenvalue weighted by atomic mass is 19.1. The fourth-order valence-electron chi connectivity index (χ4n) is 4.28. The summed E-state index contributed by atoms with van der Waals surface area (Å²) in [7, 11) is 0. The largest absolute Gasteiger partial charge is 0.487 e. The van der Waals surface area contributed by atoms with Crippen molar-refractivity contribution in [2.45, 2.75) is 77.7 Å². The number of hydrogen-bond acceptors (Lipinski definition) is 1. The molecule has 0 amide bonds. The molecule has 1 aliphatic carbocycles. The average Bonchev–Trinajstić information content (AvgIpc) is 2.53. The zero-order chi connectivity index (χ0) is 18.0. The molecular formula is C23H29FO. The van der Waals surface area contributed by atoms with E-state index in [1.54, 1.807) is 12.1 Å². The molecule has 2 aliphatic rings. The molecule has 3 rings (SSSR count). The van der Waals surface area contributed by atoms with Gasteiger partial charge in [-0.3, -0.25) is 0 Å². The molecule has 1 heterocycles.